The third-order valence-electron chi connectivity index (χ3n) is 4.95. The van der Waals surface area contributed by atoms with Gasteiger partial charge in [0.25, 0.3) is 0 Å². The molecular weight excluding hydrogens is 330 g/mol. The largest absolute Gasteiger partial charge is 0.363 e. The Labute approximate surface area is 157 Å². The molecule has 1 atom stereocenters. The fourth-order valence-corrected chi connectivity index (χ4v) is 4.18. The molecular formula is C19H35N5S. The highest BCUT2D eigenvalue weighted by atomic mass is 32.1. The molecule has 1 fully saturated rings. The van der Waals surface area contributed by atoms with Crippen LogP contribution in [-0.2, 0) is 0 Å². The first-order valence-electron chi connectivity index (χ1n) is 9.75. The van der Waals surface area contributed by atoms with E-state index in [1.807, 2.05) is 11.3 Å². The first-order valence-corrected chi connectivity index (χ1v) is 10.6. The number of likely N-dealkylation sites (N-methyl/N-ethyl adjacent to an activating group) is 1. The number of hydrogen-bond donors (Lipinski definition) is 2. The minimum Gasteiger partial charge on any atom is -0.363 e. The van der Waals surface area contributed by atoms with Crippen LogP contribution in [0.2, 0.25) is 0 Å². The lowest BCUT2D eigenvalue weighted by Crippen LogP contribution is -2.49. The molecule has 0 aromatic carbocycles. The van der Waals surface area contributed by atoms with Crippen LogP contribution in [0.25, 0.3) is 0 Å². The topological polar surface area (TPSA) is 42.9 Å². The van der Waals surface area contributed by atoms with Crippen LogP contribution in [0.5, 0.6) is 0 Å². The number of aliphatic imine (C=N–C) groups is 1. The average molecular weight is 366 g/mol. The van der Waals surface area contributed by atoms with Crippen molar-refractivity contribution < 1.29 is 0 Å². The fraction of sp³-hybridized carbons (Fsp3) is 0.737. The van der Waals surface area contributed by atoms with Gasteiger partial charge in [0.2, 0.25) is 0 Å². The van der Waals surface area contributed by atoms with Crippen molar-refractivity contribution in [1.82, 2.24) is 15.5 Å². The van der Waals surface area contributed by atoms with Crippen LogP contribution < -0.4 is 15.5 Å². The Balaban J connectivity index is 1.83. The molecule has 0 amide bonds. The van der Waals surface area contributed by atoms with Gasteiger partial charge in [-0.1, -0.05) is 13.8 Å². The fourth-order valence-electron chi connectivity index (χ4n) is 3.39. The van der Waals surface area contributed by atoms with Gasteiger partial charge in [-0.3, -0.25) is 9.89 Å². The molecule has 1 unspecified atom stereocenters. The normalized spacial score (nSPS) is 17.8. The number of nitrogens with one attached hydrogen (secondary N) is 2. The molecule has 0 bridgehead atoms. The van der Waals surface area contributed by atoms with E-state index in [-0.39, 0.29) is 0 Å². The van der Waals surface area contributed by atoms with E-state index in [1.165, 1.54) is 5.00 Å². The van der Waals surface area contributed by atoms with Gasteiger partial charge in [0, 0.05) is 31.7 Å². The van der Waals surface area contributed by atoms with E-state index < -0.39 is 0 Å². The Bertz CT molecular complexity index is 490. The third kappa shape index (κ3) is 6.19. The Kier molecular flexibility index (Phi) is 8.55. The summed E-state index contributed by atoms with van der Waals surface area (Å²) in [7, 11) is 0. The van der Waals surface area contributed by atoms with E-state index >= 15 is 0 Å². The number of hydrogen-bond acceptors (Lipinski definition) is 4. The summed E-state index contributed by atoms with van der Waals surface area (Å²) >= 11 is 1.84. The van der Waals surface area contributed by atoms with Crippen molar-refractivity contribution in [2.24, 2.45) is 4.99 Å². The summed E-state index contributed by atoms with van der Waals surface area (Å²) in [5.41, 5.74) is 0. The van der Waals surface area contributed by atoms with Crippen LogP contribution in [0.3, 0.4) is 0 Å². The highest BCUT2D eigenvalue weighted by Crippen LogP contribution is 2.24. The van der Waals surface area contributed by atoms with Crippen molar-refractivity contribution in [1.29, 1.82) is 0 Å². The lowest BCUT2D eigenvalue weighted by Gasteiger charge is -2.33. The molecule has 0 radical (unpaired) electrons. The third-order valence-corrected chi connectivity index (χ3v) is 5.88. The van der Waals surface area contributed by atoms with Crippen molar-refractivity contribution in [2.75, 3.05) is 44.2 Å². The van der Waals surface area contributed by atoms with Crippen molar-refractivity contribution >= 4 is 22.3 Å². The lowest BCUT2D eigenvalue weighted by atomic mass is 10.1. The quantitative estimate of drug-likeness (QED) is 0.549. The Morgan fingerprint density at radius 2 is 2.04 bits per heavy atom. The van der Waals surface area contributed by atoms with Gasteiger partial charge < -0.3 is 15.5 Å². The molecule has 2 rings (SSSR count). The number of nitrogens with zero attached hydrogens (tertiary/aromatic N) is 3. The second-order valence-electron chi connectivity index (χ2n) is 6.65. The van der Waals surface area contributed by atoms with Crippen LogP contribution in [0.1, 0.15) is 40.5 Å². The van der Waals surface area contributed by atoms with E-state index in [0.29, 0.717) is 12.1 Å². The summed E-state index contributed by atoms with van der Waals surface area (Å²) < 4.78 is 0. The van der Waals surface area contributed by atoms with E-state index in [9.17, 15) is 0 Å². The first-order chi connectivity index (χ1) is 12.2. The first kappa shape index (κ1) is 20.0. The van der Waals surface area contributed by atoms with E-state index in [4.69, 9.17) is 4.99 Å². The molecule has 2 heterocycles. The van der Waals surface area contributed by atoms with Crippen LogP contribution in [0.4, 0.5) is 5.00 Å². The zero-order valence-electron chi connectivity index (χ0n) is 16.3. The smallest absolute Gasteiger partial charge is 0.191 e. The Morgan fingerprint density at radius 1 is 1.32 bits per heavy atom. The molecule has 142 valence electrons. The van der Waals surface area contributed by atoms with Crippen molar-refractivity contribution in [3.8, 4) is 0 Å². The molecule has 0 aliphatic carbocycles. The molecule has 0 spiro atoms. The van der Waals surface area contributed by atoms with Crippen LogP contribution in [-0.4, -0.2) is 62.2 Å². The standard InChI is InChI=1S/C19H35N5S/c1-5-20-19(21-15-16(4)23(6-2)7-3)22-17-10-12-24(13-11-17)18-9-8-14-25-18/h8-9,14,16-17H,5-7,10-13,15H2,1-4H3,(H2,20,21,22). The number of anilines is 1. The van der Waals surface area contributed by atoms with Gasteiger partial charge in [-0.05, 0) is 57.3 Å². The molecule has 1 aliphatic heterocycles. The van der Waals surface area contributed by atoms with Crippen LogP contribution >= 0.6 is 11.3 Å². The SMILES string of the molecule is CCNC(=NCC(C)N(CC)CC)NC1CCN(c2cccs2)CC1. The minimum atomic E-state index is 0.478. The van der Waals surface area contributed by atoms with Crippen molar-refractivity contribution in [2.45, 2.75) is 52.6 Å². The maximum Gasteiger partial charge on any atom is 0.191 e. The maximum atomic E-state index is 4.83. The molecule has 1 aromatic rings. The molecule has 5 nitrogen and oxygen atoms in total. The van der Waals surface area contributed by atoms with Gasteiger partial charge in [0.05, 0.1) is 11.5 Å². The molecule has 1 saturated heterocycles. The minimum absolute atomic E-state index is 0.478. The van der Waals surface area contributed by atoms with E-state index in [2.05, 4.69) is 65.6 Å². The predicted octanol–water partition coefficient (Wildman–Crippen LogP) is 3.00. The zero-order valence-corrected chi connectivity index (χ0v) is 17.1. The van der Waals surface area contributed by atoms with E-state index in [1.54, 1.807) is 0 Å². The van der Waals surface area contributed by atoms with Gasteiger partial charge in [-0.2, -0.15) is 0 Å². The molecule has 0 saturated carbocycles. The van der Waals surface area contributed by atoms with Gasteiger partial charge >= 0.3 is 0 Å². The Hall–Kier alpha value is -1.27. The lowest BCUT2D eigenvalue weighted by molar-refractivity contribution is 0.236. The zero-order chi connectivity index (χ0) is 18.1. The second kappa shape index (κ2) is 10.7. The molecule has 1 aliphatic rings. The number of piperidine rings is 1. The van der Waals surface area contributed by atoms with Gasteiger partial charge in [0.15, 0.2) is 5.96 Å². The number of rotatable bonds is 8. The molecule has 6 heteroatoms. The molecule has 25 heavy (non-hydrogen) atoms. The van der Waals surface area contributed by atoms with Crippen LogP contribution in [0, 0.1) is 0 Å². The van der Waals surface area contributed by atoms with Gasteiger partial charge in [-0.15, -0.1) is 11.3 Å². The number of guanidine groups is 1. The van der Waals surface area contributed by atoms with Gasteiger partial charge in [0.1, 0.15) is 0 Å². The number of thiophene rings is 1. The summed E-state index contributed by atoms with van der Waals surface area (Å²) in [5.74, 6) is 0.969. The summed E-state index contributed by atoms with van der Waals surface area (Å²) in [6.45, 7) is 15.0. The van der Waals surface area contributed by atoms with E-state index in [0.717, 1.165) is 58.1 Å². The summed E-state index contributed by atoms with van der Waals surface area (Å²) in [6.07, 6.45) is 2.32. The molecule has 1 aromatic heterocycles. The summed E-state index contributed by atoms with van der Waals surface area (Å²) in [6, 6.07) is 5.35. The monoisotopic (exact) mass is 365 g/mol. The van der Waals surface area contributed by atoms with Gasteiger partial charge in [-0.25, -0.2) is 0 Å². The second-order valence-corrected chi connectivity index (χ2v) is 7.57. The van der Waals surface area contributed by atoms with Crippen molar-refractivity contribution in [3.63, 3.8) is 0 Å². The predicted molar refractivity (Wildman–Crippen MR) is 111 cm³/mol. The highest BCUT2D eigenvalue weighted by molar-refractivity contribution is 7.14. The Morgan fingerprint density at radius 3 is 2.60 bits per heavy atom. The van der Waals surface area contributed by atoms with Crippen molar-refractivity contribution in [3.05, 3.63) is 17.5 Å². The summed E-state index contributed by atoms with van der Waals surface area (Å²) in [5, 5.41) is 10.6. The maximum absolute atomic E-state index is 4.83. The van der Waals surface area contributed by atoms with Crippen LogP contribution in [0.15, 0.2) is 22.5 Å². The highest BCUT2D eigenvalue weighted by Gasteiger charge is 2.20. The molecule has 2 N–H and O–H groups in total. The summed E-state index contributed by atoms with van der Waals surface area (Å²) in [4.78, 5) is 9.78. The average Bonchev–Trinajstić information content (AvgIpc) is 3.16.